The van der Waals surface area contributed by atoms with Gasteiger partial charge in [-0.3, -0.25) is 9.59 Å². The number of hydrazone groups is 1. The molecule has 31 heavy (non-hydrogen) atoms. The molecular formula is C24H35N5O2. The Morgan fingerprint density at radius 1 is 1.19 bits per heavy atom. The van der Waals surface area contributed by atoms with Crippen molar-refractivity contribution in [3.63, 3.8) is 0 Å². The third kappa shape index (κ3) is 5.34. The Hall–Kier alpha value is -2.67. The number of rotatable bonds is 8. The number of fused-ring (bicyclic) bond motifs is 3. The molecule has 0 spiro atoms. The third-order valence-corrected chi connectivity index (χ3v) is 5.84. The first-order chi connectivity index (χ1) is 14.7. The van der Waals surface area contributed by atoms with Crippen molar-refractivity contribution in [1.82, 2.24) is 19.8 Å². The van der Waals surface area contributed by atoms with Crippen LogP contribution in [0.1, 0.15) is 51.5 Å². The lowest BCUT2D eigenvalue weighted by atomic mass is 9.90. The summed E-state index contributed by atoms with van der Waals surface area (Å²) < 4.78 is 2.02. The van der Waals surface area contributed by atoms with Crippen LogP contribution >= 0.6 is 0 Å². The molecule has 0 saturated carbocycles. The largest absolute Gasteiger partial charge is 0.354 e. The molecule has 0 unspecified atom stereocenters. The van der Waals surface area contributed by atoms with E-state index in [1.54, 1.807) is 0 Å². The van der Waals surface area contributed by atoms with Crippen LogP contribution in [0.25, 0.3) is 10.9 Å². The Bertz CT molecular complexity index is 966. The number of hydrogen-bond donors (Lipinski definition) is 1. The molecule has 1 N–H and O–H groups in total. The average molecular weight is 426 g/mol. The maximum absolute atomic E-state index is 13.3. The van der Waals surface area contributed by atoms with Crippen molar-refractivity contribution in [3.8, 4) is 0 Å². The number of aromatic nitrogens is 1. The second kappa shape index (κ2) is 9.64. The van der Waals surface area contributed by atoms with Crippen LogP contribution in [0.5, 0.6) is 0 Å². The molecular weight excluding hydrogens is 390 g/mol. The molecule has 0 fully saturated rings. The van der Waals surface area contributed by atoms with Gasteiger partial charge in [0.05, 0.1) is 12.3 Å². The van der Waals surface area contributed by atoms with E-state index in [2.05, 4.69) is 49.9 Å². The zero-order valence-corrected chi connectivity index (χ0v) is 19.4. The minimum Gasteiger partial charge on any atom is -0.354 e. The van der Waals surface area contributed by atoms with E-state index in [9.17, 15) is 9.59 Å². The fraction of sp³-hybridized carbons (Fsp3) is 0.542. The highest BCUT2D eigenvalue weighted by atomic mass is 16.2. The lowest BCUT2D eigenvalue weighted by Gasteiger charge is -2.23. The van der Waals surface area contributed by atoms with Gasteiger partial charge < -0.3 is 14.8 Å². The second-order valence-electron chi connectivity index (χ2n) is 9.06. The van der Waals surface area contributed by atoms with Crippen LogP contribution in [0.15, 0.2) is 35.4 Å². The van der Waals surface area contributed by atoms with E-state index in [4.69, 9.17) is 0 Å². The number of para-hydroxylation sites is 1. The zero-order valence-electron chi connectivity index (χ0n) is 19.4. The highest BCUT2D eigenvalue weighted by Gasteiger charge is 2.31. The summed E-state index contributed by atoms with van der Waals surface area (Å²) in [6.07, 6.45) is 0.881. The van der Waals surface area contributed by atoms with Gasteiger partial charge in [0.15, 0.2) is 0 Å². The van der Waals surface area contributed by atoms with Gasteiger partial charge in [0.2, 0.25) is 5.91 Å². The lowest BCUT2D eigenvalue weighted by Crippen LogP contribution is -2.39. The average Bonchev–Trinajstić information content (AvgIpc) is 3.03. The van der Waals surface area contributed by atoms with Gasteiger partial charge in [-0.25, -0.2) is 5.01 Å². The molecule has 0 atom stereocenters. The summed E-state index contributed by atoms with van der Waals surface area (Å²) in [4.78, 5) is 28.2. The van der Waals surface area contributed by atoms with E-state index in [1.807, 2.05) is 34.9 Å². The summed E-state index contributed by atoms with van der Waals surface area (Å²) >= 11 is 0. The Morgan fingerprint density at radius 3 is 2.58 bits per heavy atom. The minimum atomic E-state index is -0.242. The van der Waals surface area contributed by atoms with Crippen molar-refractivity contribution in [2.75, 3.05) is 32.7 Å². The molecule has 0 aliphatic carbocycles. The summed E-state index contributed by atoms with van der Waals surface area (Å²) in [5, 5.41) is 9.95. The second-order valence-corrected chi connectivity index (χ2v) is 9.06. The van der Waals surface area contributed by atoms with Crippen LogP contribution in [-0.2, 0) is 11.3 Å². The van der Waals surface area contributed by atoms with E-state index in [-0.39, 0.29) is 23.8 Å². The molecule has 1 aliphatic heterocycles. The molecule has 7 heteroatoms. The van der Waals surface area contributed by atoms with Crippen molar-refractivity contribution in [3.05, 3.63) is 36.0 Å². The number of carbonyl (C=O) groups excluding carboxylic acids is 2. The predicted molar refractivity (Wildman–Crippen MR) is 125 cm³/mol. The first kappa shape index (κ1) is 23.0. The van der Waals surface area contributed by atoms with Gasteiger partial charge in [0, 0.05) is 22.9 Å². The summed E-state index contributed by atoms with van der Waals surface area (Å²) in [7, 11) is 0. The SMILES string of the molecule is CCN(CC)CCCNC(=O)CN1N=C(C(C)(C)C)Cn2c(cc3ccccc32)C1=O. The van der Waals surface area contributed by atoms with E-state index in [0.29, 0.717) is 18.8 Å². The van der Waals surface area contributed by atoms with Crippen LogP contribution in [0.2, 0.25) is 0 Å². The number of benzene rings is 1. The van der Waals surface area contributed by atoms with Gasteiger partial charge >= 0.3 is 0 Å². The minimum absolute atomic E-state index is 0.0782. The van der Waals surface area contributed by atoms with Crippen molar-refractivity contribution >= 4 is 28.4 Å². The Labute approximate surface area is 185 Å². The first-order valence-corrected chi connectivity index (χ1v) is 11.2. The molecule has 0 bridgehead atoms. The normalized spacial score (nSPS) is 14.6. The van der Waals surface area contributed by atoms with E-state index in [0.717, 1.165) is 42.7 Å². The van der Waals surface area contributed by atoms with Crippen LogP contribution in [0.3, 0.4) is 0 Å². The maximum atomic E-state index is 13.3. The maximum Gasteiger partial charge on any atom is 0.291 e. The van der Waals surface area contributed by atoms with Crippen molar-refractivity contribution in [1.29, 1.82) is 0 Å². The molecule has 2 heterocycles. The Kier molecular flexibility index (Phi) is 7.15. The zero-order chi connectivity index (χ0) is 22.6. The summed E-state index contributed by atoms with van der Waals surface area (Å²) in [6.45, 7) is 14.5. The van der Waals surface area contributed by atoms with E-state index >= 15 is 0 Å². The smallest absolute Gasteiger partial charge is 0.291 e. The Morgan fingerprint density at radius 2 is 1.90 bits per heavy atom. The van der Waals surface area contributed by atoms with Crippen molar-refractivity contribution in [2.45, 2.75) is 47.6 Å². The molecule has 0 radical (unpaired) electrons. The summed E-state index contributed by atoms with van der Waals surface area (Å²) in [5.41, 5.74) is 2.21. The number of hydrogen-bond acceptors (Lipinski definition) is 4. The van der Waals surface area contributed by atoms with Gasteiger partial charge in [0.1, 0.15) is 12.2 Å². The topological polar surface area (TPSA) is 69.9 Å². The van der Waals surface area contributed by atoms with Crippen molar-refractivity contribution < 1.29 is 9.59 Å². The number of amides is 2. The molecule has 0 saturated heterocycles. The molecule has 7 nitrogen and oxygen atoms in total. The monoisotopic (exact) mass is 425 g/mol. The predicted octanol–water partition coefficient (Wildman–Crippen LogP) is 3.35. The lowest BCUT2D eigenvalue weighted by molar-refractivity contribution is -0.121. The van der Waals surface area contributed by atoms with Gasteiger partial charge in [-0.2, -0.15) is 5.10 Å². The van der Waals surface area contributed by atoms with Crippen LogP contribution in [-0.4, -0.2) is 64.7 Å². The fourth-order valence-corrected chi connectivity index (χ4v) is 3.82. The quantitative estimate of drug-likeness (QED) is 0.660. The Balaban J connectivity index is 1.77. The fourth-order valence-electron chi connectivity index (χ4n) is 3.82. The van der Waals surface area contributed by atoms with Gasteiger partial charge in [-0.05, 0) is 38.2 Å². The highest BCUT2D eigenvalue weighted by molar-refractivity contribution is 6.03. The molecule has 3 rings (SSSR count). The van der Waals surface area contributed by atoms with Gasteiger partial charge in [-0.15, -0.1) is 0 Å². The van der Waals surface area contributed by atoms with Crippen LogP contribution < -0.4 is 5.32 Å². The molecule has 1 aromatic heterocycles. The van der Waals surface area contributed by atoms with Gasteiger partial charge in [0.25, 0.3) is 5.91 Å². The van der Waals surface area contributed by atoms with Crippen molar-refractivity contribution in [2.24, 2.45) is 10.5 Å². The van der Waals surface area contributed by atoms with Gasteiger partial charge in [-0.1, -0.05) is 52.8 Å². The van der Waals surface area contributed by atoms with Crippen LogP contribution in [0, 0.1) is 5.41 Å². The first-order valence-electron chi connectivity index (χ1n) is 11.2. The number of nitrogens with zero attached hydrogens (tertiary/aromatic N) is 4. The number of carbonyl (C=O) groups is 2. The molecule has 1 aromatic carbocycles. The summed E-state index contributed by atoms with van der Waals surface area (Å²) in [6, 6.07) is 9.86. The van der Waals surface area contributed by atoms with E-state index < -0.39 is 0 Å². The molecule has 168 valence electrons. The molecule has 2 aromatic rings. The molecule has 2 amide bonds. The number of nitrogens with one attached hydrogen (secondary N) is 1. The summed E-state index contributed by atoms with van der Waals surface area (Å²) in [5.74, 6) is -0.428. The standard InChI is InChI=1S/C24H35N5O2/c1-6-27(7-2)14-10-13-25-22(30)17-29-23(31)20-15-18-11-8-9-12-19(18)28(20)16-21(26-29)24(3,4)5/h8-9,11-12,15H,6-7,10,13-14,16-17H2,1-5H3,(H,25,30). The van der Waals surface area contributed by atoms with Crippen LogP contribution in [0.4, 0.5) is 0 Å². The highest BCUT2D eigenvalue weighted by Crippen LogP contribution is 2.27. The van der Waals surface area contributed by atoms with E-state index in [1.165, 1.54) is 5.01 Å². The molecule has 1 aliphatic rings. The third-order valence-electron chi connectivity index (χ3n) is 5.84.